The van der Waals surface area contributed by atoms with E-state index >= 15 is 0 Å². The molecule has 256 valence electrons. The van der Waals surface area contributed by atoms with Crippen molar-refractivity contribution in [2.45, 2.75) is 155 Å². The number of hydrogen-bond acceptors (Lipinski definition) is 6. The lowest BCUT2D eigenvalue weighted by Crippen LogP contribution is -2.30. The van der Waals surface area contributed by atoms with Crippen LogP contribution in [0.4, 0.5) is 0 Å². The number of rotatable bonds is 30. The second kappa shape index (κ2) is 34.0. The first-order chi connectivity index (χ1) is 22.0. The van der Waals surface area contributed by atoms with Crippen LogP contribution in [0, 0.1) is 0 Å². The standard InChI is InChI=1S/C39H64O6/c1-4-7-10-13-14-15-16-17-18-19-20-21-22-23-24-27-30-33-39(42)45-36(34-43-37(40)31-28-25-11-8-5-2)35-44-38(41)32-29-26-12-9-6-3/h7,10,14-15,17-18,20-21,23-24,36H,4-6,8-9,11-13,16,19,22,25-35H2,1-3H3/b10-7-,15-14-,18-17-,21-20-,24-23-. The average molecular weight is 629 g/mol. The Hall–Kier alpha value is -2.89. The molecule has 0 radical (unpaired) electrons. The minimum atomic E-state index is -0.792. The molecule has 0 fully saturated rings. The van der Waals surface area contributed by atoms with Gasteiger partial charge in [0.2, 0.25) is 0 Å². The summed E-state index contributed by atoms with van der Waals surface area (Å²) in [5.74, 6) is -1.00. The molecule has 0 heterocycles. The molecule has 0 unspecified atom stereocenters. The summed E-state index contributed by atoms with van der Waals surface area (Å²) in [7, 11) is 0. The van der Waals surface area contributed by atoms with E-state index in [2.05, 4.69) is 81.5 Å². The Morgan fingerprint density at radius 1 is 0.467 bits per heavy atom. The molecule has 0 bridgehead atoms. The first-order valence-corrected chi connectivity index (χ1v) is 17.8. The Morgan fingerprint density at radius 2 is 0.867 bits per heavy atom. The van der Waals surface area contributed by atoms with Crippen LogP contribution in [0.1, 0.15) is 149 Å². The molecule has 0 aromatic heterocycles. The number of esters is 3. The molecule has 0 saturated heterocycles. The topological polar surface area (TPSA) is 78.9 Å². The predicted molar refractivity (Wildman–Crippen MR) is 187 cm³/mol. The van der Waals surface area contributed by atoms with Gasteiger partial charge < -0.3 is 14.2 Å². The number of allylic oxidation sites excluding steroid dienone is 10. The summed E-state index contributed by atoms with van der Waals surface area (Å²) >= 11 is 0. The molecule has 0 rings (SSSR count). The number of ether oxygens (including phenoxy) is 3. The fourth-order valence-electron chi connectivity index (χ4n) is 4.36. The molecule has 0 atom stereocenters. The van der Waals surface area contributed by atoms with Crippen molar-refractivity contribution < 1.29 is 28.6 Å². The van der Waals surface area contributed by atoms with Crippen LogP contribution in [0.25, 0.3) is 0 Å². The van der Waals surface area contributed by atoms with Crippen molar-refractivity contribution >= 4 is 17.9 Å². The zero-order valence-electron chi connectivity index (χ0n) is 28.9. The van der Waals surface area contributed by atoms with Gasteiger partial charge in [0.15, 0.2) is 6.10 Å². The third-order valence-electron chi connectivity index (χ3n) is 7.04. The van der Waals surface area contributed by atoms with Gasteiger partial charge in [-0.25, -0.2) is 0 Å². The Balaban J connectivity index is 4.36. The van der Waals surface area contributed by atoms with Crippen molar-refractivity contribution in [2.24, 2.45) is 0 Å². The van der Waals surface area contributed by atoms with Gasteiger partial charge >= 0.3 is 17.9 Å². The maximum atomic E-state index is 12.5. The molecule has 6 nitrogen and oxygen atoms in total. The maximum Gasteiger partial charge on any atom is 0.306 e. The molecule has 0 aliphatic rings. The zero-order chi connectivity index (χ0) is 33.1. The van der Waals surface area contributed by atoms with Gasteiger partial charge in [0.05, 0.1) is 0 Å². The van der Waals surface area contributed by atoms with Gasteiger partial charge in [0.1, 0.15) is 13.2 Å². The summed E-state index contributed by atoms with van der Waals surface area (Å²) in [4.78, 5) is 36.9. The third kappa shape index (κ3) is 32.3. The minimum absolute atomic E-state index is 0.0991. The van der Waals surface area contributed by atoms with Gasteiger partial charge in [-0.05, 0) is 57.8 Å². The summed E-state index contributed by atoms with van der Waals surface area (Å²) in [6, 6.07) is 0. The summed E-state index contributed by atoms with van der Waals surface area (Å²) in [6.45, 7) is 6.25. The summed E-state index contributed by atoms with van der Waals surface area (Å²) in [6.07, 6.45) is 38.4. The highest BCUT2D eigenvalue weighted by molar-refractivity contribution is 5.71. The second-order valence-corrected chi connectivity index (χ2v) is 11.4. The van der Waals surface area contributed by atoms with Crippen LogP contribution in [-0.4, -0.2) is 37.2 Å². The lowest BCUT2D eigenvalue weighted by atomic mass is 10.1. The zero-order valence-corrected chi connectivity index (χ0v) is 28.9. The van der Waals surface area contributed by atoms with Crippen LogP contribution >= 0.6 is 0 Å². The van der Waals surface area contributed by atoms with Crippen molar-refractivity contribution in [1.82, 2.24) is 0 Å². The SMILES string of the molecule is CC/C=C\C/C=C\C/C=C\C/C=C\C/C=C\CCCC(=O)OC(COC(=O)CCCCCCC)COC(=O)CCCCCCC. The molecule has 45 heavy (non-hydrogen) atoms. The number of carbonyl (C=O) groups is 3. The predicted octanol–water partition coefficient (Wildman–Crippen LogP) is 10.6. The molecule has 0 aromatic rings. The summed E-state index contributed by atoms with van der Waals surface area (Å²) in [5.41, 5.74) is 0. The number of hydrogen-bond donors (Lipinski definition) is 0. The van der Waals surface area contributed by atoms with E-state index in [-0.39, 0.29) is 37.5 Å². The number of carbonyl (C=O) groups excluding carboxylic acids is 3. The minimum Gasteiger partial charge on any atom is -0.462 e. The molecule has 0 aliphatic heterocycles. The second-order valence-electron chi connectivity index (χ2n) is 11.4. The van der Waals surface area contributed by atoms with E-state index in [4.69, 9.17) is 14.2 Å². The molecule has 0 aliphatic carbocycles. The maximum absolute atomic E-state index is 12.5. The average Bonchev–Trinajstić information content (AvgIpc) is 3.03. The molecular weight excluding hydrogens is 564 g/mol. The lowest BCUT2D eigenvalue weighted by Gasteiger charge is -2.18. The van der Waals surface area contributed by atoms with E-state index in [1.54, 1.807) is 0 Å². The van der Waals surface area contributed by atoms with Gasteiger partial charge in [0.25, 0.3) is 0 Å². The Bertz CT molecular complexity index is 837. The van der Waals surface area contributed by atoms with Crippen LogP contribution in [0.3, 0.4) is 0 Å². The van der Waals surface area contributed by atoms with Gasteiger partial charge in [0, 0.05) is 19.3 Å². The van der Waals surface area contributed by atoms with Crippen LogP contribution in [0.5, 0.6) is 0 Å². The van der Waals surface area contributed by atoms with Crippen molar-refractivity contribution in [3.8, 4) is 0 Å². The van der Waals surface area contributed by atoms with E-state index in [9.17, 15) is 14.4 Å². The molecular formula is C39H64O6. The molecule has 0 N–H and O–H groups in total. The lowest BCUT2D eigenvalue weighted by molar-refractivity contribution is -0.167. The Kier molecular flexibility index (Phi) is 31.8. The fraction of sp³-hybridized carbons (Fsp3) is 0.667. The normalized spacial score (nSPS) is 12.1. The Morgan fingerprint density at radius 3 is 1.31 bits per heavy atom. The van der Waals surface area contributed by atoms with E-state index < -0.39 is 6.10 Å². The van der Waals surface area contributed by atoms with Gasteiger partial charge in [-0.15, -0.1) is 0 Å². The highest BCUT2D eigenvalue weighted by atomic mass is 16.6. The van der Waals surface area contributed by atoms with Gasteiger partial charge in [-0.1, -0.05) is 133 Å². The first kappa shape index (κ1) is 42.1. The molecule has 0 amide bonds. The summed E-state index contributed by atoms with van der Waals surface area (Å²) < 4.78 is 16.3. The van der Waals surface area contributed by atoms with Crippen LogP contribution in [0.15, 0.2) is 60.8 Å². The van der Waals surface area contributed by atoms with Crippen LogP contribution < -0.4 is 0 Å². The fourth-order valence-corrected chi connectivity index (χ4v) is 4.36. The largest absolute Gasteiger partial charge is 0.462 e. The smallest absolute Gasteiger partial charge is 0.306 e. The van der Waals surface area contributed by atoms with Gasteiger partial charge in [-0.3, -0.25) is 14.4 Å². The molecule has 0 spiro atoms. The molecule has 6 heteroatoms. The van der Waals surface area contributed by atoms with Gasteiger partial charge in [-0.2, -0.15) is 0 Å². The van der Waals surface area contributed by atoms with Crippen molar-refractivity contribution in [1.29, 1.82) is 0 Å². The van der Waals surface area contributed by atoms with E-state index in [1.165, 1.54) is 0 Å². The monoisotopic (exact) mass is 628 g/mol. The van der Waals surface area contributed by atoms with Crippen molar-refractivity contribution in [3.05, 3.63) is 60.8 Å². The quantitative estimate of drug-likeness (QED) is 0.0341. The first-order valence-electron chi connectivity index (χ1n) is 17.8. The van der Waals surface area contributed by atoms with Crippen molar-refractivity contribution in [2.75, 3.05) is 13.2 Å². The Labute approximate surface area is 275 Å². The molecule has 0 aromatic carbocycles. The highest BCUT2D eigenvalue weighted by Gasteiger charge is 2.19. The highest BCUT2D eigenvalue weighted by Crippen LogP contribution is 2.10. The summed E-state index contributed by atoms with van der Waals surface area (Å²) in [5, 5.41) is 0. The van der Waals surface area contributed by atoms with E-state index in [0.29, 0.717) is 19.3 Å². The van der Waals surface area contributed by atoms with E-state index in [0.717, 1.165) is 103 Å². The number of unbranched alkanes of at least 4 members (excludes halogenated alkanes) is 9. The van der Waals surface area contributed by atoms with Crippen LogP contribution in [0.2, 0.25) is 0 Å². The third-order valence-corrected chi connectivity index (χ3v) is 7.04. The van der Waals surface area contributed by atoms with Crippen LogP contribution in [-0.2, 0) is 28.6 Å². The van der Waals surface area contributed by atoms with Crippen molar-refractivity contribution in [3.63, 3.8) is 0 Å². The molecule has 0 saturated carbocycles. The van der Waals surface area contributed by atoms with E-state index in [1.807, 2.05) is 0 Å².